The van der Waals surface area contributed by atoms with Crippen molar-refractivity contribution in [2.75, 3.05) is 11.5 Å². The summed E-state index contributed by atoms with van der Waals surface area (Å²) in [5.41, 5.74) is 0. The molecule has 0 aliphatic heterocycles. The van der Waals surface area contributed by atoms with Crippen molar-refractivity contribution in [3.63, 3.8) is 0 Å². The first-order valence-corrected chi connectivity index (χ1v) is 7.30. The Morgan fingerprint density at radius 3 is 1.47 bits per heavy atom. The molecule has 0 saturated carbocycles. The fourth-order valence-electron chi connectivity index (χ4n) is 0.207. The van der Waals surface area contributed by atoms with Crippen LogP contribution in [0.1, 0.15) is 6.92 Å². The molecule has 0 rings (SSSR count). The Kier molecular flexibility index (Phi) is 6.79. The first-order chi connectivity index (χ1) is 6.27. The van der Waals surface area contributed by atoms with E-state index in [-0.39, 0.29) is 5.75 Å². The largest absolute Gasteiger partial charge is 0.405 e. The zero-order valence-electron chi connectivity index (χ0n) is 7.32. The van der Waals surface area contributed by atoms with Crippen LogP contribution < -0.4 is 0 Å². The molecule has 0 aliphatic carbocycles. The van der Waals surface area contributed by atoms with E-state index in [2.05, 4.69) is 10.7 Å². The van der Waals surface area contributed by atoms with Gasteiger partial charge in [-0.3, -0.25) is 4.55 Å². The van der Waals surface area contributed by atoms with E-state index < -0.39 is 31.1 Å². The molecule has 0 saturated heterocycles. The van der Waals surface area contributed by atoms with Gasteiger partial charge in [-0.05, 0) is 0 Å². The molecule has 1 N–H and O–H groups in total. The Morgan fingerprint density at radius 1 is 1.20 bits per heavy atom. The predicted octanol–water partition coefficient (Wildman–Crippen LogP) is 1.01. The van der Waals surface area contributed by atoms with Gasteiger partial charge in [-0.25, -0.2) is 8.42 Å². The third kappa shape index (κ3) is 24.9. The molecule has 0 spiro atoms. The molecule has 0 radical (unpaired) electrons. The van der Waals surface area contributed by atoms with Gasteiger partial charge in [0.25, 0.3) is 10.1 Å². The molecule has 0 aliphatic rings. The zero-order valence-corrected chi connectivity index (χ0v) is 9.71. The van der Waals surface area contributed by atoms with Crippen LogP contribution in [0.15, 0.2) is 0 Å². The lowest BCUT2D eigenvalue weighted by molar-refractivity contribution is -0.107. The average Bonchev–Trinajstić information content (AvgIpc) is 1.78. The summed E-state index contributed by atoms with van der Waals surface area (Å²) in [5.74, 6) is -2.17. The fraction of sp³-hybridized carbons (Fsp3) is 1.00. The highest BCUT2D eigenvalue weighted by atomic mass is 35.7. The van der Waals surface area contributed by atoms with Crippen molar-refractivity contribution in [2.24, 2.45) is 0 Å². The smallest absolute Gasteiger partial charge is 0.285 e. The third-order valence-electron chi connectivity index (χ3n) is 0.691. The molecule has 0 atom stereocenters. The van der Waals surface area contributed by atoms with Gasteiger partial charge in [-0.1, -0.05) is 6.92 Å². The highest BCUT2D eigenvalue weighted by Crippen LogP contribution is 2.15. The number of halogens is 4. The predicted molar refractivity (Wildman–Crippen MR) is 47.8 cm³/mol. The SMILES string of the molecule is CCS(=O)(=O)Cl.O=S(=O)(O)CC(F)(F)F. The van der Waals surface area contributed by atoms with E-state index >= 15 is 0 Å². The molecular weight excluding hydrogens is 285 g/mol. The number of alkyl halides is 3. The summed E-state index contributed by atoms with van der Waals surface area (Å²) in [6.07, 6.45) is -4.85. The Bertz CT molecular complexity index is 370. The minimum atomic E-state index is -4.91. The number of hydrogen-bond donors (Lipinski definition) is 1. The van der Waals surface area contributed by atoms with E-state index in [1.54, 1.807) is 0 Å². The van der Waals surface area contributed by atoms with Crippen molar-refractivity contribution >= 4 is 29.9 Å². The van der Waals surface area contributed by atoms with Crippen molar-refractivity contribution in [1.29, 1.82) is 0 Å². The second kappa shape index (κ2) is 5.87. The molecule has 0 heterocycles. The summed E-state index contributed by atoms with van der Waals surface area (Å²) < 4.78 is 79.1. The Balaban J connectivity index is 0. The molecule has 0 amide bonds. The van der Waals surface area contributed by atoms with Crippen LogP contribution >= 0.6 is 10.7 Å². The van der Waals surface area contributed by atoms with Gasteiger partial charge >= 0.3 is 6.18 Å². The van der Waals surface area contributed by atoms with Gasteiger partial charge in [-0.15, -0.1) is 0 Å². The average molecular weight is 293 g/mol. The Labute approximate surface area is 89.4 Å². The number of rotatable bonds is 2. The molecule has 94 valence electrons. The summed E-state index contributed by atoms with van der Waals surface area (Å²) in [6, 6.07) is 0. The second-order valence-corrected chi connectivity index (χ2v) is 6.69. The van der Waals surface area contributed by atoms with E-state index in [9.17, 15) is 30.0 Å². The summed E-state index contributed by atoms with van der Waals surface area (Å²) >= 11 is 0. The first-order valence-electron chi connectivity index (χ1n) is 3.21. The Hall–Kier alpha value is -0.0600. The number of hydrogen-bond acceptors (Lipinski definition) is 4. The lowest BCUT2D eigenvalue weighted by Gasteiger charge is -2.00. The first kappa shape index (κ1) is 17.3. The summed E-state index contributed by atoms with van der Waals surface area (Å²) in [5, 5.41) is 0. The van der Waals surface area contributed by atoms with Crippen LogP contribution in [0.2, 0.25) is 0 Å². The molecule has 5 nitrogen and oxygen atoms in total. The van der Waals surface area contributed by atoms with E-state index in [1.807, 2.05) is 0 Å². The lowest BCUT2D eigenvalue weighted by Crippen LogP contribution is -2.21. The molecule has 11 heteroatoms. The van der Waals surface area contributed by atoms with Crippen LogP contribution in [0, 0.1) is 0 Å². The molecular formula is C4H8ClF3O5S2. The van der Waals surface area contributed by atoms with E-state index in [1.165, 1.54) is 6.92 Å². The molecule has 0 aromatic carbocycles. The molecule has 15 heavy (non-hydrogen) atoms. The van der Waals surface area contributed by atoms with Gasteiger partial charge in [0.15, 0.2) is 5.75 Å². The van der Waals surface area contributed by atoms with E-state index in [4.69, 9.17) is 4.55 Å². The maximum Gasteiger partial charge on any atom is 0.405 e. The van der Waals surface area contributed by atoms with Gasteiger partial charge in [0.2, 0.25) is 9.05 Å². The minimum absolute atomic E-state index is 0.00849. The van der Waals surface area contributed by atoms with Crippen molar-refractivity contribution in [2.45, 2.75) is 13.1 Å². The summed E-state index contributed by atoms with van der Waals surface area (Å²) in [4.78, 5) is 0. The highest BCUT2D eigenvalue weighted by Gasteiger charge is 2.33. The zero-order chi connectivity index (χ0) is 12.9. The Morgan fingerprint density at radius 2 is 1.47 bits per heavy atom. The van der Waals surface area contributed by atoms with Crippen molar-refractivity contribution in [3.05, 3.63) is 0 Å². The topological polar surface area (TPSA) is 88.5 Å². The second-order valence-electron chi connectivity index (χ2n) is 2.17. The van der Waals surface area contributed by atoms with Gasteiger partial charge in [0.05, 0.1) is 5.75 Å². The standard InChI is InChI=1S/C2H5ClO2S.C2H3F3O3S/c1-2-6(3,4)5;3-2(4,5)1-9(6,7)8/h2H2,1H3;1H2,(H,6,7,8). The normalized spacial score (nSPS) is 12.9. The summed E-state index contributed by atoms with van der Waals surface area (Å²) in [7, 11) is -3.41. The molecule has 0 aromatic rings. The van der Waals surface area contributed by atoms with Gasteiger partial charge in [-0.2, -0.15) is 21.6 Å². The van der Waals surface area contributed by atoms with Crippen molar-refractivity contribution < 1.29 is 34.6 Å². The highest BCUT2D eigenvalue weighted by molar-refractivity contribution is 8.13. The maximum atomic E-state index is 11.0. The van der Waals surface area contributed by atoms with Gasteiger partial charge in [0.1, 0.15) is 0 Å². The van der Waals surface area contributed by atoms with E-state index in [0.29, 0.717) is 0 Å². The quantitative estimate of drug-likeness (QED) is 0.606. The van der Waals surface area contributed by atoms with Gasteiger partial charge in [0, 0.05) is 10.7 Å². The maximum absolute atomic E-state index is 11.0. The molecule has 0 fully saturated rings. The lowest BCUT2D eigenvalue weighted by atomic mass is 10.8. The van der Waals surface area contributed by atoms with Crippen LogP contribution in [-0.4, -0.2) is 39.1 Å². The fourth-order valence-corrected chi connectivity index (χ4v) is 0.620. The summed E-state index contributed by atoms with van der Waals surface area (Å²) in [6.45, 7) is 1.49. The van der Waals surface area contributed by atoms with Crippen molar-refractivity contribution in [3.8, 4) is 0 Å². The minimum Gasteiger partial charge on any atom is -0.285 e. The molecule has 0 aromatic heterocycles. The van der Waals surface area contributed by atoms with Crippen LogP contribution in [0.3, 0.4) is 0 Å². The van der Waals surface area contributed by atoms with Crippen LogP contribution in [0.4, 0.5) is 13.2 Å². The molecule has 0 bridgehead atoms. The monoisotopic (exact) mass is 292 g/mol. The van der Waals surface area contributed by atoms with Crippen LogP contribution in [0.5, 0.6) is 0 Å². The van der Waals surface area contributed by atoms with Crippen LogP contribution in [0.25, 0.3) is 0 Å². The van der Waals surface area contributed by atoms with Crippen LogP contribution in [-0.2, 0) is 19.2 Å². The van der Waals surface area contributed by atoms with Gasteiger partial charge < -0.3 is 0 Å². The molecule has 0 unspecified atom stereocenters. The third-order valence-corrected chi connectivity index (χ3v) is 2.73. The van der Waals surface area contributed by atoms with Crippen molar-refractivity contribution in [1.82, 2.24) is 0 Å². The van der Waals surface area contributed by atoms with E-state index in [0.717, 1.165) is 0 Å².